The first-order chi connectivity index (χ1) is 8.12. The van der Waals surface area contributed by atoms with E-state index in [1.54, 1.807) is 12.1 Å². The standard InChI is InChI=1S/C13H19ClO3/c1-4-9(3)17-13-11(14)6-10(8-15)7-12(13)16-5-2/h6-7,9,15H,4-5,8H2,1-3H3. The molecule has 3 nitrogen and oxygen atoms in total. The number of aliphatic hydroxyl groups is 1. The highest BCUT2D eigenvalue weighted by molar-refractivity contribution is 6.32. The molecule has 0 aromatic heterocycles. The molecule has 0 heterocycles. The first-order valence-corrected chi connectivity index (χ1v) is 6.22. The molecule has 0 aliphatic heterocycles. The van der Waals surface area contributed by atoms with E-state index in [4.69, 9.17) is 26.2 Å². The predicted octanol–water partition coefficient (Wildman–Crippen LogP) is 3.41. The first kappa shape index (κ1) is 14.1. The van der Waals surface area contributed by atoms with Crippen LogP contribution in [0.4, 0.5) is 0 Å². The van der Waals surface area contributed by atoms with Gasteiger partial charge in [0.25, 0.3) is 0 Å². The monoisotopic (exact) mass is 258 g/mol. The summed E-state index contributed by atoms with van der Waals surface area (Å²) in [5, 5.41) is 9.59. The third-order valence-corrected chi connectivity index (χ3v) is 2.73. The Morgan fingerprint density at radius 2 is 2.06 bits per heavy atom. The van der Waals surface area contributed by atoms with Gasteiger partial charge in [0.15, 0.2) is 11.5 Å². The average Bonchev–Trinajstić information content (AvgIpc) is 2.33. The molecule has 0 fully saturated rings. The zero-order chi connectivity index (χ0) is 12.8. The summed E-state index contributed by atoms with van der Waals surface area (Å²) in [6.45, 7) is 6.38. The fraction of sp³-hybridized carbons (Fsp3) is 0.538. The van der Waals surface area contributed by atoms with Crippen LogP contribution >= 0.6 is 11.6 Å². The molecule has 1 N–H and O–H groups in total. The van der Waals surface area contributed by atoms with Crippen molar-refractivity contribution >= 4 is 11.6 Å². The van der Waals surface area contributed by atoms with Crippen LogP contribution in [-0.2, 0) is 6.61 Å². The summed E-state index contributed by atoms with van der Waals surface area (Å²) in [7, 11) is 0. The maximum absolute atomic E-state index is 9.12. The van der Waals surface area contributed by atoms with Crippen LogP contribution < -0.4 is 9.47 Å². The summed E-state index contributed by atoms with van der Waals surface area (Å²) < 4.78 is 11.2. The van der Waals surface area contributed by atoms with Crippen molar-refractivity contribution in [3.05, 3.63) is 22.7 Å². The summed E-state index contributed by atoms with van der Waals surface area (Å²) in [5.74, 6) is 1.14. The lowest BCUT2D eigenvalue weighted by Gasteiger charge is -2.18. The van der Waals surface area contributed by atoms with Crippen molar-refractivity contribution in [1.29, 1.82) is 0 Å². The molecule has 0 amide bonds. The molecule has 0 aliphatic rings. The van der Waals surface area contributed by atoms with E-state index in [-0.39, 0.29) is 12.7 Å². The van der Waals surface area contributed by atoms with Crippen molar-refractivity contribution in [2.75, 3.05) is 6.61 Å². The highest BCUT2D eigenvalue weighted by Gasteiger charge is 2.14. The molecule has 0 saturated carbocycles. The number of hydrogen-bond donors (Lipinski definition) is 1. The van der Waals surface area contributed by atoms with Gasteiger partial charge in [0.05, 0.1) is 24.3 Å². The zero-order valence-corrected chi connectivity index (χ0v) is 11.3. The fourth-order valence-electron chi connectivity index (χ4n) is 1.37. The van der Waals surface area contributed by atoms with E-state index >= 15 is 0 Å². The van der Waals surface area contributed by atoms with E-state index < -0.39 is 0 Å². The van der Waals surface area contributed by atoms with Gasteiger partial charge < -0.3 is 14.6 Å². The van der Waals surface area contributed by atoms with Gasteiger partial charge in [-0.3, -0.25) is 0 Å². The second-order valence-electron chi connectivity index (χ2n) is 3.83. The highest BCUT2D eigenvalue weighted by atomic mass is 35.5. The molecule has 1 aromatic carbocycles. The van der Waals surface area contributed by atoms with E-state index in [0.29, 0.717) is 23.1 Å². The Balaban J connectivity index is 3.07. The van der Waals surface area contributed by atoms with Gasteiger partial charge in [-0.1, -0.05) is 18.5 Å². The van der Waals surface area contributed by atoms with Crippen molar-refractivity contribution in [2.45, 2.75) is 39.9 Å². The molecule has 1 aromatic rings. The molecule has 1 unspecified atom stereocenters. The van der Waals surface area contributed by atoms with Crippen LogP contribution in [0.1, 0.15) is 32.8 Å². The van der Waals surface area contributed by atoms with Gasteiger partial charge in [0.2, 0.25) is 0 Å². The molecule has 1 atom stereocenters. The summed E-state index contributed by atoms with van der Waals surface area (Å²) >= 11 is 6.13. The van der Waals surface area contributed by atoms with Crippen LogP contribution in [0.2, 0.25) is 5.02 Å². The van der Waals surface area contributed by atoms with Gasteiger partial charge in [-0.2, -0.15) is 0 Å². The van der Waals surface area contributed by atoms with Gasteiger partial charge in [-0.05, 0) is 38.0 Å². The molecule has 0 aliphatic carbocycles. The van der Waals surface area contributed by atoms with Crippen LogP contribution in [0.3, 0.4) is 0 Å². The smallest absolute Gasteiger partial charge is 0.180 e. The van der Waals surface area contributed by atoms with Gasteiger partial charge in [0, 0.05) is 0 Å². The topological polar surface area (TPSA) is 38.7 Å². The maximum Gasteiger partial charge on any atom is 0.180 e. The van der Waals surface area contributed by atoms with E-state index in [1.165, 1.54) is 0 Å². The average molecular weight is 259 g/mol. The lowest BCUT2D eigenvalue weighted by Crippen LogP contribution is -2.11. The van der Waals surface area contributed by atoms with Crippen molar-refractivity contribution in [2.24, 2.45) is 0 Å². The number of rotatable bonds is 6. The second-order valence-corrected chi connectivity index (χ2v) is 4.24. The quantitative estimate of drug-likeness (QED) is 0.850. The molecule has 0 saturated heterocycles. The third kappa shape index (κ3) is 3.79. The number of benzene rings is 1. The number of aliphatic hydroxyl groups excluding tert-OH is 1. The molecular weight excluding hydrogens is 240 g/mol. The number of ether oxygens (including phenoxy) is 2. The number of halogens is 1. The minimum absolute atomic E-state index is 0.0661. The normalized spacial score (nSPS) is 12.3. The van der Waals surface area contributed by atoms with Crippen molar-refractivity contribution in [1.82, 2.24) is 0 Å². The summed E-state index contributed by atoms with van der Waals surface area (Å²) in [6, 6.07) is 3.45. The van der Waals surface area contributed by atoms with E-state index in [1.807, 2.05) is 20.8 Å². The van der Waals surface area contributed by atoms with Crippen LogP contribution in [0.5, 0.6) is 11.5 Å². The molecule has 1 rings (SSSR count). The van der Waals surface area contributed by atoms with Gasteiger partial charge in [0.1, 0.15) is 0 Å². The summed E-state index contributed by atoms with van der Waals surface area (Å²) in [5.41, 5.74) is 0.718. The van der Waals surface area contributed by atoms with Crippen LogP contribution in [0, 0.1) is 0 Å². The van der Waals surface area contributed by atoms with Crippen LogP contribution in [0.15, 0.2) is 12.1 Å². The molecule has 96 valence electrons. The minimum atomic E-state index is -0.0661. The zero-order valence-electron chi connectivity index (χ0n) is 10.5. The molecular formula is C13H19ClO3. The van der Waals surface area contributed by atoms with Crippen molar-refractivity contribution in [3.63, 3.8) is 0 Å². The Bertz CT molecular complexity index is 366. The molecule has 17 heavy (non-hydrogen) atoms. The molecule has 0 spiro atoms. The minimum Gasteiger partial charge on any atom is -0.490 e. The third-order valence-electron chi connectivity index (χ3n) is 2.45. The SMILES string of the molecule is CCOc1cc(CO)cc(Cl)c1OC(C)CC. The summed E-state index contributed by atoms with van der Waals surface area (Å²) in [4.78, 5) is 0. The van der Waals surface area contributed by atoms with Gasteiger partial charge >= 0.3 is 0 Å². The van der Waals surface area contributed by atoms with Crippen LogP contribution in [-0.4, -0.2) is 17.8 Å². The molecule has 0 bridgehead atoms. The lowest BCUT2D eigenvalue weighted by molar-refractivity contribution is 0.203. The largest absolute Gasteiger partial charge is 0.490 e. The lowest BCUT2D eigenvalue weighted by atomic mass is 10.2. The molecule has 4 heteroatoms. The fourth-order valence-corrected chi connectivity index (χ4v) is 1.65. The van der Waals surface area contributed by atoms with E-state index in [0.717, 1.165) is 12.0 Å². The molecule has 0 radical (unpaired) electrons. The van der Waals surface area contributed by atoms with Crippen molar-refractivity contribution < 1.29 is 14.6 Å². The van der Waals surface area contributed by atoms with Crippen molar-refractivity contribution in [3.8, 4) is 11.5 Å². The maximum atomic E-state index is 9.12. The Morgan fingerprint density at radius 1 is 1.35 bits per heavy atom. The van der Waals surface area contributed by atoms with Gasteiger partial charge in [-0.25, -0.2) is 0 Å². The summed E-state index contributed by atoms with van der Waals surface area (Å²) in [6.07, 6.45) is 0.968. The predicted molar refractivity (Wildman–Crippen MR) is 68.9 cm³/mol. The van der Waals surface area contributed by atoms with E-state index in [9.17, 15) is 0 Å². The van der Waals surface area contributed by atoms with Gasteiger partial charge in [-0.15, -0.1) is 0 Å². The second kappa shape index (κ2) is 6.72. The van der Waals surface area contributed by atoms with Crippen LogP contribution in [0.25, 0.3) is 0 Å². The van der Waals surface area contributed by atoms with E-state index in [2.05, 4.69) is 0 Å². The number of hydrogen-bond acceptors (Lipinski definition) is 3. The Labute approximate surface area is 107 Å². The first-order valence-electron chi connectivity index (χ1n) is 5.85. The highest BCUT2D eigenvalue weighted by Crippen LogP contribution is 2.37. The Hall–Kier alpha value is -0.930. The Morgan fingerprint density at radius 3 is 2.59 bits per heavy atom. The Kier molecular flexibility index (Phi) is 5.59.